The Balaban J connectivity index is 2.08. The summed E-state index contributed by atoms with van der Waals surface area (Å²) in [6, 6.07) is 7.15. The molecule has 2 aromatic rings. The molecule has 0 unspecified atom stereocenters. The van der Waals surface area contributed by atoms with Crippen molar-refractivity contribution in [2.24, 2.45) is 0 Å². The van der Waals surface area contributed by atoms with E-state index in [4.69, 9.17) is 10.5 Å². The van der Waals surface area contributed by atoms with Crippen LogP contribution < -0.4 is 15.8 Å². The molecule has 0 saturated heterocycles. The Bertz CT molecular complexity index is 615. The van der Waals surface area contributed by atoms with E-state index in [-0.39, 0.29) is 5.91 Å². The fourth-order valence-electron chi connectivity index (χ4n) is 1.86. The van der Waals surface area contributed by atoms with Gasteiger partial charge in [0.05, 0.1) is 19.2 Å². The Morgan fingerprint density at radius 1 is 1.35 bits per heavy atom. The summed E-state index contributed by atoms with van der Waals surface area (Å²) in [6.45, 7) is 4.65. The number of amides is 1. The summed E-state index contributed by atoms with van der Waals surface area (Å²) in [5, 5.41) is 2.88. The molecule has 20 heavy (non-hydrogen) atoms. The van der Waals surface area contributed by atoms with Gasteiger partial charge >= 0.3 is 0 Å². The lowest BCUT2D eigenvalue weighted by Crippen LogP contribution is -2.23. The largest absolute Gasteiger partial charge is 0.497 e. The molecule has 0 bridgehead atoms. The standard InChI is InChI=1S/C15H18N2O2S/c1-9-6-12(20-10(9)2)8-17-15(18)13-7-11(19-3)4-5-14(13)16/h4-7H,8,16H2,1-3H3,(H,17,18). The second kappa shape index (κ2) is 5.96. The zero-order chi connectivity index (χ0) is 14.7. The number of thiophene rings is 1. The smallest absolute Gasteiger partial charge is 0.253 e. The van der Waals surface area contributed by atoms with Gasteiger partial charge in [-0.25, -0.2) is 0 Å². The number of rotatable bonds is 4. The zero-order valence-electron chi connectivity index (χ0n) is 11.8. The molecule has 106 valence electrons. The summed E-state index contributed by atoms with van der Waals surface area (Å²) in [6.07, 6.45) is 0. The van der Waals surface area contributed by atoms with Crippen molar-refractivity contribution in [2.45, 2.75) is 20.4 Å². The van der Waals surface area contributed by atoms with E-state index in [1.807, 2.05) is 0 Å². The molecule has 0 aliphatic carbocycles. The maximum Gasteiger partial charge on any atom is 0.253 e. The Morgan fingerprint density at radius 2 is 2.10 bits per heavy atom. The van der Waals surface area contributed by atoms with Crippen LogP contribution in [0, 0.1) is 13.8 Å². The quantitative estimate of drug-likeness (QED) is 0.851. The van der Waals surface area contributed by atoms with E-state index in [0.29, 0.717) is 23.5 Å². The lowest BCUT2D eigenvalue weighted by atomic mass is 10.1. The third-order valence-corrected chi connectivity index (χ3v) is 4.30. The van der Waals surface area contributed by atoms with Gasteiger partial charge in [-0.3, -0.25) is 4.79 Å². The van der Waals surface area contributed by atoms with E-state index in [9.17, 15) is 4.79 Å². The van der Waals surface area contributed by atoms with Crippen LogP contribution in [0.5, 0.6) is 5.75 Å². The third kappa shape index (κ3) is 3.11. The van der Waals surface area contributed by atoms with Crippen molar-refractivity contribution < 1.29 is 9.53 Å². The Kier molecular flexibility index (Phi) is 4.29. The number of carbonyl (C=O) groups is 1. The summed E-state index contributed by atoms with van der Waals surface area (Å²) < 4.78 is 5.11. The minimum atomic E-state index is -0.190. The minimum Gasteiger partial charge on any atom is -0.497 e. The molecule has 3 N–H and O–H groups in total. The van der Waals surface area contributed by atoms with Gasteiger partial charge in [0, 0.05) is 15.4 Å². The molecule has 0 radical (unpaired) electrons. The first-order chi connectivity index (χ1) is 9.51. The summed E-state index contributed by atoms with van der Waals surface area (Å²) in [4.78, 5) is 14.6. The molecule has 0 spiro atoms. The highest BCUT2D eigenvalue weighted by Gasteiger charge is 2.11. The van der Waals surface area contributed by atoms with E-state index < -0.39 is 0 Å². The van der Waals surface area contributed by atoms with Crippen LogP contribution in [0.15, 0.2) is 24.3 Å². The number of anilines is 1. The van der Waals surface area contributed by atoms with Gasteiger partial charge in [-0.1, -0.05) is 0 Å². The van der Waals surface area contributed by atoms with E-state index in [0.717, 1.165) is 4.88 Å². The molecule has 0 fully saturated rings. The van der Waals surface area contributed by atoms with Gasteiger partial charge in [-0.15, -0.1) is 11.3 Å². The fraction of sp³-hybridized carbons (Fsp3) is 0.267. The molecular weight excluding hydrogens is 272 g/mol. The molecule has 1 aromatic carbocycles. The highest BCUT2D eigenvalue weighted by molar-refractivity contribution is 7.12. The third-order valence-electron chi connectivity index (χ3n) is 3.15. The van der Waals surface area contributed by atoms with Crippen LogP contribution in [0.2, 0.25) is 0 Å². The summed E-state index contributed by atoms with van der Waals surface area (Å²) in [5.41, 5.74) is 7.96. The highest BCUT2D eigenvalue weighted by Crippen LogP contribution is 2.22. The predicted octanol–water partition coefficient (Wildman–Crippen LogP) is 2.89. The van der Waals surface area contributed by atoms with Crippen molar-refractivity contribution >= 4 is 22.9 Å². The molecular formula is C15H18N2O2S. The average molecular weight is 290 g/mol. The van der Waals surface area contributed by atoms with Gasteiger partial charge in [0.15, 0.2) is 0 Å². The molecule has 0 aliphatic heterocycles. The highest BCUT2D eigenvalue weighted by atomic mass is 32.1. The second-order valence-corrected chi connectivity index (χ2v) is 5.93. The van der Waals surface area contributed by atoms with Crippen LogP contribution in [0.25, 0.3) is 0 Å². The Hall–Kier alpha value is -2.01. The first-order valence-electron chi connectivity index (χ1n) is 6.29. The molecule has 1 amide bonds. The molecule has 0 atom stereocenters. The fourth-order valence-corrected chi connectivity index (χ4v) is 2.85. The van der Waals surface area contributed by atoms with Gasteiger partial charge in [0.1, 0.15) is 5.75 Å². The number of ether oxygens (including phenoxy) is 1. The molecule has 2 rings (SSSR count). The first kappa shape index (κ1) is 14.4. The van der Waals surface area contributed by atoms with Gasteiger partial charge in [-0.2, -0.15) is 0 Å². The van der Waals surface area contributed by atoms with Gasteiger partial charge in [-0.05, 0) is 43.7 Å². The van der Waals surface area contributed by atoms with Crippen molar-refractivity contribution in [3.63, 3.8) is 0 Å². The zero-order valence-corrected chi connectivity index (χ0v) is 12.6. The Morgan fingerprint density at radius 3 is 2.70 bits per heavy atom. The molecule has 0 saturated carbocycles. The molecule has 1 heterocycles. The van der Waals surface area contributed by atoms with Crippen LogP contribution in [0.1, 0.15) is 25.7 Å². The van der Waals surface area contributed by atoms with Crippen LogP contribution in [-0.2, 0) is 6.54 Å². The number of nitrogens with two attached hydrogens (primary N) is 1. The number of nitrogen functional groups attached to an aromatic ring is 1. The van der Waals surface area contributed by atoms with E-state index in [1.165, 1.54) is 10.4 Å². The lowest BCUT2D eigenvalue weighted by molar-refractivity contribution is 0.0952. The number of aryl methyl sites for hydroxylation is 2. The number of benzene rings is 1. The van der Waals surface area contributed by atoms with E-state index in [1.54, 1.807) is 36.6 Å². The first-order valence-corrected chi connectivity index (χ1v) is 7.10. The van der Waals surface area contributed by atoms with Crippen LogP contribution >= 0.6 is 11.3 Å². The van der Waals surface area contributed by atoms with Crippen LogP contribution in [0.4, 0.5) is 5.69 Å². The second-order valence-electron chi connectivity index (χ2n) is 4.59. The van der Waals surface area contributed by atoms with E-state index >= 15 is 0 Å². The van der Waals surface area contributed by atoms with Crippen molar-refractivity contribution in [2.75, 3.05) is 12.8 Å². The Labute approximate surface area is 122 Å². The van der Waals surface area contributed by atoms with Gasteiger partial charge in [0.2, 0.25) is 0 Å². The normalized spacial score (nSPS) is 10.3. The van der Waals surface area contributed by atoms with Crippen molar-refractivity contribution in [3.8, 4) is 5.75 Å². The van der Waals surface area contributed by atoms with Crippen LogP contribution in [0.3, 0.4) is 0 Å². The number of hydrogen-bond donors (Lipinski definition) is 2. The molecule has 5 heteroatoms. The van der Waals surface area contributed by atoms with Crippen molar-refractivity contribution in [1.82, 2.24) is 5.32 Å². The maximum atomic E-state index is 12.2. The van der Waals surface area contributed by atoms with Gasteiger partial charge < -0.3 is 15.8 Å². The van der Waals surface area contributed by atoms with E-state index in [2.05, 4.69) is 25.2 Å². The number of hydrogen-bond acceptors (Lipinski definition) is 4. The SMILES string of the molecule is COc1ccc(N)c(C(=O)NCc2cc(C)c(C)s2)c1. The van der Waals surface area contributed by atoms with Crippen molar-refractivity contribution in [3.05, 3.63) is 45.1 Å². The lowest BCUT2D eigenvalue weighted by Gasteiger charge is -2.08. The summed E-state index contributed by atoms with van der Waals surface area (Å²) in [5.74, 6) is 0.428. The summed E-state index contributed by atoms with van der Waals surface area (Å²) in [7, 11) is 1.56. The number of carbonyl (C=O) groups excluding carboxylic acids is 1. The van der Waals surface area contributed by atoms with Crippen LogP contribution in [-0.4, -0.2) is 13.0 Å². The number of methoxy groups -OCH3 is 1. The predicted molar refractivity (Wildman–Crippen MR) is 82.4 cm³/mol. The average Bonchev–Trinajstić information content (AvgIpc) is 2.76. The molecule has 1 aromatic heterocycles. The maximum absolute atomic E-state index is 12.2. The van der Waals surface area contributed by atoms with Gasteiger partial charge in [0.25, 0.3) is 5.91 Å². The summed E-state index contributed by atoms with van der Waals surface area (Å²) >= 11 is 1.69. The minimum absolute atomic E-state index is 0.190. The topological polar surface area (TPSA) is 64.3 Å². The molecule has 4 nitrogen and oxygen atoms in total. The monoisotopic (exact) mass is 290 g/mol. The number of nitrogens with one attached hydrogen (secondary N) is 1. The van der Waals surface area contributed by atoms with Crippen molar-refractivity contribution in [1.29, 1.82) is 0 Å². The molecule has 0 aliphatic rings.